The van der Waals surface area contributed by atoms with Crippen molar-refractivity contribution in [1.29, 1.82) is 0 Å². The van der Waals surface area contributed by atoms with Crippen LogP contribution in [0.15, 0.2) is 18.5 Å². The number of likely N-dealkylation sites (N-methyl/N-ethyl adjacent to an activating group) is 1. The van der Waals surface area contributed by atoms with Gasteiger partial charge in [-0.25, -0.2) is 9.97 Å². The molecule has 1 aromatic heterocycles. The van der Waals surface area contributed by atoms with Crippen molar-refractivity contribution in [2.45, 2.75) is 31.7 Å². The molecule has 1 aromatic rings. The number of anilines is 1. The number of carbonyl (C=O) groups is 2. The van der Waals surface area contributed by atoms with Gasteiger partial charge in [-0.1, -0.05) is 0 Å². The number of aliphatic carboxylic acids is 1. The minimum Gasteiger partial charge on any atom is -0.481 e. The number of hydrogen-bond acceptors (Lipinski definition) is 5. The van der Waals surface area contributed by atoms with Crippen LogP contribution in [-0.2, 0) is 9.59 Å². The molecule has 0 bridgehead atoms. The standard InChI is InChI=1S/C14H20N4O3/c1-17(14-15-6-4-7-16-14)10-12(19)18-8-3-2-5-11(18)9-13(20)21/h4,6-7,11H,2-3,5,8-10H2,1H3,(H,20,21). The van der Waals surface area contributed by atoms with E-state index in [9.17, 15) is 9.59 Å². The SMILES string of the molecule is CN(CC(=O)N1CCCCC1CC(=O)O)c1ncccn1. The molecular formula is C14H20N4O3. The average molecular weight is 292 g/mol. The number of amides is 1. The summed E-state index contributed by atoms with van der Waals surface area (Å²) in [7, 11) is 1.75. The van der Waals surface area contributed by atoms with Gasteiger partial charge in [0.2, 0.25) is 11.9 Å². The highest BCUT2D eigenvalue weighted by atomic mass is 16.4. The fourth-order valence-corrected chi connectivity index (χ4v) is 2.60. The third-order valence-electron chi connectivity index (χ3n) is 3.62. The molecule has 0 saturated carbocycles. The first-order chi connectivity index (χ1) is 10.1. The van der Waals surface area contributed by atoms with Crippen LogP contribution in [0, 0.1) is 0 Å². The van der Waals surface area contributed by atoms with E-state index in [2.05, 4.69) is 9.97 Å². The minimum absolute atomic E-state index is 0.0112. The second-order valence-corrected chi connectivity index (χ2v) is 5.24. The maximum absolute atomic E-state index is 12.4. The maximum atomic E-state index is 12.4. The van der Waals surface area contributed by atoms with Crippen LogP contribution in [0.1, 0.15) is 25.7 Å². The van der Waals surface area contributed by atoms with Crippen molar-refractivity contribution in [1.82, 2.24) is 14.9 Å². The number of nitrogens with zero attached hydrogens (tertiary/aromatic N) is 4. The van der Waals surface area contributed by atoms with Crippen molar-refractivity contribution in [3.63, 3.8) is 0 Å². The summed E-state index contributed by atoms with van der Waals surface area (Å²) in [4.78, 5) is 34.9. The van der Waals surface area contributed by atoms with E-state index in [0.717, 1.165) is 19.3 Å². The Bertz CT molecular complexity index is 494. The van der Waals surface area contributed by atoms with E-state index < -0.39 is 5.97 Å². The molecule has 0 aliphatic carbocycles. The van der Waals surface area contributed by atoms with E-state index in [1.54, 1.807) is 35.3 Å². The Morgan fingerprint density at radius 3 is 2.76 bits per heavy atom. The number of piperidine rings is 1. The molecule has 1 N–H and O–H groups in total. The van der Waals surface area contributed by atoms with Crippen molar-refractivity contribution in [2.75, 3.05) is 25.0 Å². The van der Waals surface area contributed by atoms with Crippen LogP contribution in [-0.4, -0.2) is 58.0 Å². The Kier molecular flexibility index (Phi) is 5.08. The van der Waals surface area contributed by atoms with Crippen LogP contribution < -0.4 is 4.90 Å². The van der Waals surface area contributed by atoms with Crippen LogP contribution in [0.2, 0.25) is 0 Å². The van der Waals surface area contributed by atoms with Gasteiger partial charge in [-0.2, -0.15) is 0 Å². The lowest BCUT2D eigenvalue weighted by Crippen LogP contribution is -2.48. The summed E-state index contributed by atoms with van der Waals surface area (Å²) in [6.45, 7) is 0.778. The van der Waals surface area contributed by atoms with Gasteiger partial charge in [0.1, 0.15) is 0 Å². The third kappa shape index (κ3) is 4.14. The van der Waals surface area contributed by atoms with Gasteiger partial charge in [0.25, 0.3) is 0 Å². The summed E-state index contributed by atoms with van der Waals surface area (Å²) in [5.41, 5.74) is 0. The highest BCUT2D eigenvalue weighted by Crippen LogP contribution is 2.20. The molecule has 0 radical (unpaired) electrons. The molecule has 7 heteroatoms. The van der Waals surface area contributed by atoms with Crippen molar-refractivity contribution in [3.05, 3.63) is 18.5 Å². The molecule has 1 atom stereocenters. The Labute approximate surface area is 123 Å². The van der Waals surface area contributed by atoms with Gasteiger partial charge in [-0.15, -0.1) is 0 Å². The van der Waals surface area contributed by atoms with Gasteiger partial charge in [-0.3, -0.25) is 9.59 Å². The molecule has 114 valence electrons. The maximum Gasteiger partial charge on any atom is 0.305 e. The predicted octanol–water partition coefficient (Wildman–Crippen LogP) is 0.769. The van der Waals surface area contributed by atoms with Crippen LogP contribution in [0.5, 0.6) is 0 Å². The summed E-state index contributed by atoms with van der Waals surface area (Å²) in [6, 6.07) is 1.51. The lowest BCUT2D eigenvalue weighted by molar-refractivity contribution is -0.141. The highest BCUT2D eigenvalue weighted by molar-refractivity contribution is 5.82. The highest BCUT2D eigenvalue weighted by Gasteiger charge is 2.29. The Balaban J connectivity index is 1.98. The molecule has 1 saturated heterocycles. The number of likely N-dealkylation sites (tertiary alicyclic amines) is 1. The van der Waals surface area contributed by atoms with Gasteiger partial charge < -0.3 is 14.9 Å². The van der Waals surface area contributed by atoms with Crippen molar-refractivity contribution in [3.8, 4) is 0 Å². The van der Waals surface area contributed by atoms with E-state index >= 15 is 0 Å². The van der Waals surface area contributed by atoms with Gasteiger partial charge >= 0.3 is 5.97 Å². The number of hydrogen-bond donors (Lipinski definition) is 1. The first kappa shape index (κ1) is 15.2. The first-order valence-electron chi connectivity index (χ1n) is 7.07. The van der Waals surface area contributed by atoms with Crippen LogP contribution in [0.25, 0.3) is 0 Å². The van der Waals surface area contributed by atoms with Gasteiger partial charge in [-0.05, 0) is 25.3 Å². The second kappa shape index (κ2) is 7.01. The fraction of sp³-hybridized carbons (Fsp3) is 0.571. The average Bonchev–Trinajstić information content (AvgIpc) is 2.48. The fourth-order valence-electron chi connectivity index (χ4n) is 2.60. The molecule has 21 heavy (non-hydrogen) atoms. The smallest absolute Gasteiger partial charge is 0.305 e. The molecule has 1 amide bonds. The lowest BCUT2D eigenvalue weighted by Gasteiger charge is -2.36. The molecular weight excluding hydrogens is 272 g/mol. The summed E-state index contributed by atoms with van der Waals surface area (Å²) >= 11 is 0. The van der Waals surface area contributed by atoms with E-state index in [0.29, 0.717) is 12.5 Å². The second-order valence-electron chi connectivity index (χ2n) is 5.24. The largest absolute Gasteiger partial charge is 0.481 e. The number of carboxylic acids is 1. The van der Waals surface area contributed by atoms with Crippen LogP contribution >= 0.6 is 0 Å². The zero-order valence-corrected chi connectivity index (χ0v) is 12.1. The number of carboxylic acid groups (broad SMARTS) is 1. The zero-order chi connectivity index (χ0) is 15.2. The Morgan fingerprint density at radius 2 is 2.10 bits per heavy atom. The predicted molar refractivity (Wildman–Crippen MR) is 76.9 cm³/mol. The third-order valence-corrected chi connectivity index (χ3v) is 3.62. The van der Waals surface area contributed by atoms with Crippen LogP contribution in [0.4, 0.5) is 5.95 Å². The molecule has 2 heterocycles. The van der Waals surface area contributed by atoms with Crippen molar-refractivity contribution in [2.24, 2.45) is 0 Å². The molecule has 1 aliphatic rings. The zero-order valence-electron chi connectivity index (χ0n) is 12.1. The minimum atomic E-state index is -0.862. The Hall–Kier alpha value is -2.18. The molecule has 1 aliphatic heterocycles. The molecule has 2 rings (SSSR count). The Morgan fingerprint density at radius 1 is 1.38 bits per heavy atom. The van der Waals surface area contributed by atoms with E-state index in [1.165, 1.54) is 0 Å². The van der Waals surface area contributed by atoms with E-state index in [4.69, 9.17) is 5.11 Å². The lowest BCUT2D eigenvalue weighted by atomic mass is 9.99. The number of carbonyl (C=O) groups excluding carboxylic acids is 1. The molecule has 1 fully saturated rings. The number of aromatic nitrogens is 2. The van der Waals surface area contributed by atoms with Crippen molar-refractivity contribution < 1.29 is 14.7 Å². The summed E-state index contributed by atoms with van der Waals surface area (Å²) in [5.74, 6) is -0.451. The summed E-state index contributed by atoms with van der Waals surface area (Å²) in [6.07, 6.45) is 5.91. The normalized spacial score (nSPS) is 18.3. The van der Waals surface area contributed by atoms with Gasteiger partial charge in [0.05, 0.1) is 13.0 Å². The van der Waals surface area contributed by atoms with Gasteiger partial charge in [0.15, 0.2) is 0 Å². The molecule has 7 nitrogen and oxygen atoms in total. The molecule has 0 spiro atoms. The summed E-state index contributed by atoms with van der Waals surface area (Å²) < 4.78 is 0. The van der Waals surface area contributed by atoms with E-state index in [1.807, 2.05) is 0 Å². The molecule has 0 aromatic carbocycles. The summed E-state index contributed by atoms with van der Waals surface area (Å²) in [5, 5.41) is 8.96. The molecule has 1 unspecified atom stereocenters. The number of rotatable bonds is 5. The van der Waals surface area contributed by atoms with Gasteiger partial charge in [0, 0.05) is 32.0 Å². The van der Waals surface area contributed by atoms with Crippen molar-refractivity contribution >= 4 is 17.8 Å². The van der Waals surface area contributed by atoms with Crippen LogP contribution in [0.3, 0.4) is 0 Å². The topological polar surface area (TPSA) is 86.6 Å². The van der Waals surface area contributed by atoms with E-state index in [-0.39, 0.29) is 24.9 Å². The first-order valence-corrected chi connectivity index (χ1v) is 7.07. The monoisotopic (exact) mass is 292 g/mol. The quantitative estimate of drug-likeness (QED) is 0.862.